The maximum Gasteiger partial charge on any atom is 1.00 e. The van der Waals surface area contributed by atoms with Crippen LogP contribution in [0.5, 0.6) is 0 Å². The summed E-state index contributed by atoms with van der Waals surface area (Å²) in [5.41, 5.74) is 2.27. The van der Waals surface area contributed by atoms with Crippen LogP contribution in [0, 0.1) is 6.07 Å². The summed E-state index contributed by atoms with van der Waals surface area (Å²) in [6, 6.07) is 17.6. The minimum Gasteiger partial charge on any atom is -0.870 e. The molecule has 1 aromatic heterocycles. The molecular weight excluding hydrogens is 197 g/mol. The molecule has 0 fully saturated rings. The maximum atomic E-state index is 3.32. The summed E-state index contributed by atoms with van der Waals surface area (Å²) in [6.07, 6.45) is 0. The van der Waals surface area contributed by atoms with Gasteiger partial charge in [0.15, 0.2) is 0 Å². The van der Waals surface area contributed by atoms with E-state index in [-0.39, 0.29) is 35.0 Å². The molecule has 3 aromatic rings. The first-order chi connectivity index (χ1) is 6.45. The van der Waals surface area contributed by atoms with Crippen LogP contribution in [0.15, 0.2) is 42.5 Å². The van der Waals surface area contributed by atoms with E-state index in [9.17, 15) is 0 Å². The van der Waals surface area contributed by atoms with E-state index in [1.165, 1.54) is 16.3 Å². The molecule has 0 atom stereocenters. The molecule has 69 valence electrons. The summed E-state index contributed by atoms with van der Waals surface area (Å²) in [4.78, 5) is 3.32. The first kappa shape index (κ1) is 12.3. The molecule has 1 heterocycles. The average molecular weight is 206 g/mol. The molecule has 2 nitrogen and oxygen atoms in total. The molecular formula is C12H9NNaO. The van der Waals surface area contributed by atoms with Gasteiger partial charge in [-0.3, -0.25) is 0 Å². The van der Waals surface area contributed by atoms with Crippen LogP contribution in [0.2, 0.25) is 0 Å². The first-order valence-electron chi connectivity index (χ1n) is 4.32. The van der Waals surface area contributed by atoms with Crippen LogP contribution >= 0.6 is 0 Å². The van der Waals surface area contributed by atoms with Crippen LogP contribution < -0.4 is 29.6 Å². The number of H-pyrrole nitrogens is 1. The van der Waals surface area contributed by atoms with Gasteiger partial charge in [0, 0.05) is 22.4 Å². The molecule has 0 spiro atoms. The van der Waals surface area contributed by atoms with Crippen molar-refractivity contribution in [2.75, 3.05) is 0 Å². The third-order valence-corrected chi connectivity index (χ3v) is 2.33. The zero-order chi connectivity index (χ0) is 8.67. The molecule has 15 heavy (non-hydrogen) atoms. The Kier molecular flexibility index (Phi) is 3.94. The van der Waals surface area contributed by atoms with Crippen molar-refractivity contribution >= 4 is 21.8 Å². The summed E-state index contributed by atoms with van der Waals surface area (Å²) in [5, 5.41) is 2.52. The normalized spacial score (nSPS) is 9.60. The molecule has 0 aliphatic heterocycles. The molecule has 0 amide bonds. The van der Waals surface area contributed by atoms with Crippen molar-refractivity contribution in [2.24, 2.45) is 0 Å². The fourth-order valence-electron chi connectivity index (χ4n) is 1.73. The van der Waals surface area contributed by atoms with Crippen molar-refractivity contribution in [1.82, 2.24) is 4.98 Å². The number of aromatic amines is 1. The second-order valence-electron chi connectivity index (χ2n) is 3.13. The van der Waals surface area contributed by atoms with E-state index >= 15 is 0 Å². The van der Waals surface area contributed by atoms with Crippen LogP contribution in [0.1, 0.15) is 0 Å². The van der Waals surface area contributed by atoms with E-state index in [0.29, 0.717) is 0 Å². The predicted octanol–water partition coefficient (Wildman–Crippen LogP) is -0.0515. The zero-order valence-electron chi connectivity index (χ0n) is 8.49. The van der Waals surface area contributed by atoms with Gasteiger partial charge in [0.1, 0.15) is 0 Å². The average Bonchev–Trinajstić information content (AvgIpc) is 2.56. The molecule has 3 rings (SSSR count). The minimum atomic E-state index is 0. The number of nitrogens with one attached hydrogen (secondary N) is 1. The van der Waals surface area contributed by atoms with Gasteiger partial charge in [-0.1, -0.05) is 36.4 Å². The minimum absolute atomic E-state index is 0. The van der Waals surface area contributed by atoms with Crippen molar-refractivity contribution in [2.45, 2.75) is 0 Å². The van der Waals surface area contributed by atoms with Crippen LogP contribution in [0.3, 0.4) is 0 Å². The number of aromatic nitrogens is 1. The SMILES string of the molecule is [Na+].[OH-].[c]1cccc2c1[nH]c1ccccc12. The van der Waals surface area contributed by atoms with Gasteiger partial charge < -0.3 is 10.5 Å². The van der Waals surface area contributed by atoms with Crippen LogP contribution in [0.4, 0.5) is 0 Å². The number of benzene rings is 2. The topological polar surface area (TPSA) is 45.8 Å². The quantitative estimate of drug-likeness (QED) is 0.515. The van der Waals surface area contributed by atoms with E-state index in [1.54, 1.807) is 0 Å². The molecule has 0 saturated carbocycles. The maximum absolute atomic E-state index is 3.32. The second kappa shape index (κ2) is 4.81. The van der Waals surface area contributed by atoms with Crippen LogP contribution in [-0.2, 0) is 0 Å². The Morgan fingerprint density at radius 1 is 0.933 bits per heavy atom. The van der Waals surface area contributed by atoms with Gasteiger partial charge in [0.25, 0.3) is 0 Å². The summed E-state index contributed by atoms with van der Waals surface area (Å²) >= 11 is 0. The van der Waals surface area contributed by atoms with E-state index in [4.69, 9.17) is 0 Å². The van der Waals surface area contributed by atoms with E-state index < -0.39 is 0 Å². The molecule has 0 saturated heterocycles. The Labute approximate surface area is 110 Å². The zero-order valence-corrected chi connectivity index (χ0v) is 10.5. The van der Waals surface area contributed by atoms with Gasteiger partial charge >= 0.3 is 29.6 Å². The van der Waals surface area contributed by atoms with E-state index in [2.05, 4.69) is 35.3 Å². The Morgan fingerprint density at radius 2 is 1.67 bits per heavy atom. The number of fused-ring (bicyclic) bond motifs is 3. The van der Waals surface area contributed by atoms with E-state index in [1.807, 2.05) is 18.2 Å². The Hall–Kier alpha value is -0.800. The van der Waals surface area contributed by atoms with Crippen molar-refractivity contribution in [3.63, 3.8) is 0 Å². The molecule has 3 heteroatoms. The van der Waals surface area contributed by atoms with Crippen molar-refractivity contribution < 1.29 is 35.0 Å². The Balaban J connectivity index is 0.000000562. The monoisotopic (exact) mass is 206 g/mol. The fraction of sp³-hybridized carbons (Fsp3) is 0. The smallest absolute Gasteiger partial charge is 0.870 e. The molecule has 2 aromatic carbocycles. The van der Waals surface area contributed by atoms with Crippen LogP contribution in [-0.4, -0.2) is 10.5 Å². The fourth-order valence-corrected chi connectivity index (χ4v) is 1.73. The van der Waals surface area contributed by atoms with Gasteiger partial charge in [0.05, 0.1) is 5.52 Å². The van der Waals surface area contributed by atoms with Gasteiger partial charge in [-0.25, -0.2) is 0 Å². The van der Waals surface area contributed by atoms with Crippen molar-refractivity contribution in [3.05, 3.63) is 48.5 Å². The van der Waals surface area contributed by atoms with Crippen molar-refractivity contribution in [3.8, 4) is 0 Å². The van der Waals surface area contributed by atoms with E-state index in [0.717, 1.165) is 5.52 Å². The third-order valence-electron chi connectivity index (χ3n) is 2.33. The summed E-state index contributed by atoms with van der Waals surface area (Å²) < 4.78 is 0. The largest absolute Gasteiger partial charge is 1.00 e. The predicted molar refractivity (Wildman–Crippen MR) is 56.6 cm³/mol. The molecule has 2 N–H and O–H groups in total. The molecule has 0 aliphatic rings. The Morgan fingerprint density at radius 3 is 2.53 bits per heavy atom. The first-order valence-corrected chi connectivity index (χ1v) is 4.32. The number of rotatable bonds is 0. The number of hydrogen-bond donors (Lipinski definition) is 1. The van der Waals surface area contributed by atoms with Crippen molar-refractivity contribution in [1.29, 1.82) is 0 Å². The molecule has 1 radical (unpaired) electrons. The standard InChI is InChI=1S/C12H8N.Na.H2O/c1-3-7-11-9(5-1)10-6-2-4-8-12(10)13-11;;/h1-7,13H;;1H2/q;+1;/p-1. The van der Waals surface area contributed by atoms with Crippen LogP contribution in [0.25, 0.3) is 21.8 Å². The summed E-state index contributed by atoms with van der Waals surface area (Å²) in [7, 11) is 0. The van der Waals surface area contributed by atoms with Gasteiger partial charge in [-0.05, 0) is 6.07 Å². The summed E-state index contributed by atoms with van der Waals surface area (Å²) in [6.45, 7) is 0. The van der Waals surface area contributed by atoms with Gasteiger partial charge in [-0.15, -0.1) is 0 Å². The second-order valence-corrected chi connectivity index (χ2v) is 3.13. The molecule has 0 aliphatic carbocycles. The Bertz CT molecular complexity index is 523. The number of para-hydroxylation sites is 2. The molecule has 0 bridgehead atoms. The third kappa shape index (κ3) is 1.94. The summed E-state index contributed by atoms with van der Waals surface area (Å²) in [5.74, 6) is 0. The number of hydrogen-bond acceptors (Lipinski definition) is 1. The van der Waals surface area contributed by atoms with Gasteiger partial charge in [0.2, 0.25) is 0 Å². The van der Waals surface area contributed by atoms with Gasteiger partial charge in [-0.2, -0.15) is 0 Å². The molecule has 0 unspecified atom stereocenters.